The lowest BCUT2D eigenvalue weighted by molar-refractivity contribution is -0.152. The van der Waals surface area contributed by atoms with E-state index in [1.165, 1.54) is 0 Å². The topological polar surface area (TPSA) is 66.4 Å². The maximum atomic E-state index is 12.7. The van der Waals surface area contributed by atoms with Crippen LogP contribution < -0.4 is 5.32 Å². The van der Waals surface area contributed by atoms with Gasteiger partial charge in [-0.2, -0.15) is 0 Å². The van der Waals surface area contributed by atoms with Crippen molar-refractivity contribution in [3.8, 4) is 0 Å². The number of para-hydroxylation sites is 1. The van der Waals surface area contributed by atoms with E-state index in [4.69, 9.17) is 11.6 Å². The first-order valence-electron chi connectivity index (χ1n) is 7.54. The summed E-state index contributed by atoms with van der Waals surface area (Å²) in [6, 6.07) is 7.01. The molecule has 0 unspecified atom stereocenters. The highest BCUT2D eigenvalue weighted by Gasteiger charge is 2.62. The summed E-state index contributed by atoms with van der Waals surface area (Å²) < 4.78 is 0. The van der Waals surface area contributed by atoms with Gasteiger partial charge in [0.25, 0.3) is 0 Å². The Labute approximate surface area is 133 Å². The normalized spacial score (nSPS) is 37.5. The molecule has 5 heteroatoms. The first-order chi connectivity index (χ1) is 10.6. The second kappa shape index (κ2) is 4.85. The lowest BCUT2D eigenvalue weighted by atomic mass is 9.62. The third-order valence-corrected chi connectivity index (χ3v) is 5.70. The summed E-state index contributed by atoms with van der Waals surface area (Å²) in [6.45, 7) is 0. The predicted molar refractivity (Wildman–Crippen MR) is 82.4 cm³/mol. The molecule has 0 aromatic heterocycles. The molecule has 0 aliphatic heterocycles. The van der Waals surface area contributed by atoms with Crippen LogP contribution in [0.3, 0.4) is 0 Å². The molecule has 22 heavy (non-hydrogen) atoms. The summed E-state index contributed by atoms with van der Waals surface area (Å²) in [6.07, 6.45) is 5.11. The Hall–Kier alpha value is -1.81. The van der Waals surface area contributed by atoms with Crippen LogP contribution in [-0.4, -0.2) is 17.0 Å². The molecule has 1 amide bonds. The van der Waals surface area contributed by atoms with E-state index in [1.807, 2.05) is 6.08 Å². The number of rotatable bonds is 3. The van der Waals surface area contributed by atoms with Crippen LogP contribution in [0.25, 0.3) is 0 Å². The number of allylic oxidation sites excluding steroid dienone is 2. The maximum Gasteiger partial charge on any atom is 0.307 e. The Morgan fingerprint density at radius 1 is 1.09 bits per heavy atom. The quantitative estimate of drug-likeness (QED) is 0.842. The second-order valence-electron chi connectivity index (χ2n) is 6.46. The van der Waals surface area contributed by atoms with Crippen molar-refractivity contribution >= 4 is 29.2 Å². The zero-order chi connectivity index (χ0) is 15.4. The van der Waals surface area contributed by atoms with Gasteiger partial charge in [0.1, 0.15) is 0 Å². The lowest BCUT2D eigenvalue weighted by Crippen LogP contribution is -2.48. The Morgan fingerprint density at radius 3 is 2.36 bits per heavy atom. The van der Waals surface area contributed by atoms with Gasteiger partial charge in [0.2, 0.25) is 5.91 Å². The zero-order valence-corrected chi connectivity index (χ0v) is 12.5. The average molecular weight is 318 g/mol. The van der Waals surface area contributed by atoms with Crippen LogP contribution in [0.5, 0.6) is 0 Å². The van der Waals surface area contributed by atoms with Gasteiger partial charge < -0.3 is 10.4 Å². The monoisotopic (exact) mass is 317 g/mol. The summed E-state index contributed by atoms with van der Waals surface area (Å²) in [5.41, 5.74) is 0.538. The van der Waals surface area contributed by atoms with Crippen LogP contribution in [0.2, 0.25) is 5.02 Å². The van der Waals surface area contributed by atoms with Crippen molar-refractivity contribution < 1.29 is 14.7 Å². The van der Waals surface area contributed by atoms with E-state index < -0.39 is 17.8 Å². The van der Waals surface area contributed by atoms with Crippen molar-refractivity contribution in [3.05, 3.63) is 41.4 Å². The third-order valence-electron chi connectivity index (χ3n) is 5.37. The van der Waals surface area contributed by atoms with Gasteiger partial charge in [-0.15, -0.1) is 0 Å². The van der Waals surface area contributed by atoms with Crippen molar-refractivity contribution in [2.24, 2.45) is 35.5 Å². The molecular weight excluding hydrogens is 302 g/mol. The van der Waals surface area contributed by atoms with Gasteiger partial charge in [-0.1, -0.05) is 35.9 Å². The van der Waals surface area contributed by atoms with Crippen LogP contribution in [0, 0.1) is 35.5 Å². The van der Waals surface area contributed by atoms with E-state index in [-0.39, 0.29) is 17.7 Å². The number of hydrogen-bond donors (Lipinski definition) is 2. The number of amides is 1. The molecule has 6 atom stereocenters. The third kappa shape index (κ3) is 1.97. The van der Waals surface area contributed by atoms with Gasteiger partial charge >= 0.3 is 5.97 Å². The molecule has 0 radical (unpaired) electrons. The van der Waals surface area contributed by atoms with Gasteiger partial charge in [-0.25, -0.2) is 0 Å². The number of nitrogens with one attached hydrogen (secondary N) is 1. The van der Waals surface area contributed by atoms with E-state index in [0.717, 1.165) is 6.42 Å². The molecule has 4 nitrogen and oxygen atoms in total. The van der Waals surface area contributed by atoms with Gasteiger partial charge in [-0.3, -0.25) is 9.59 Å². The minimum atomic E-state index is -0.871. The first-order valence-corrected chi connectivity index (χ1v) is 7.92. The summed E-state index contributed by atoms with van der Waals surface area (Å²) in [4.78, 5) is 24.4. The molecule has 2 saturated carbocycles. The molecule has 2 bridgehead atoms. The highest BCUT2D eigenvalue weighted by Crippen LogP contribution is 2.63. The number of carboxylic acids is 1. The van der Waals surface area contributed by atoms with Crippen LogP contribution in [0.1, 0.15) is 6.42 Å². The Bertz CT molecular complexity index is 686. The molecule has 1 aromatic carbocycles. The van der Waals surface area contributed by atoms with Gasteiger partial charge in [0, 0.05) is 0 Å². The molecule has 5 rings (SSSR count). The van der Waals surface area contributed by atoms with E-state index in [2.05, 4.69) is 11.4 Å². The zero-order valence-electron chi connectivity index (χ0n) is 11.8. The second-order valence-corrected chi connectivity index (χ2v) is 6.87. The number of fused-ring (bicyclic) bond motifs is 1. The molecule has 2 N–H and O–H groups in total. The molecular formula is C17H16ClNO3. The van der Waals surface area contributed by atoms with Crippen molar-refractivity contribution in [1.82, 2.24) is 0 Å². The van der Waals surface area contributed by atoms with Gasteiger partial charge in [0.05, 0.1) is 22.5 Å². The molecule has 4 aliphatic rings. The largest absolute Gasteiger partial charge is 0.481 e. The number of anilines is 1. The summed E-state index contributed by atoms with van der Waals surface area (Å²) in [7, 11) is 0. The van der Waals surface area contributed by atoms with Crippen LogP contribution >= 0.6 is 11.6 Å². The molecule has 4 aliphatic carbocycles. The van der Waals surface area contributed by atoms with Crippen LogP contribution in [0.15, 0.2) is 36.4 Å². The number of carboxylic acid groups (broad SMARTS) is 1. The maximum absolute atomic E-state index is 12.7. The van der Waals surface area contributed by atoms with Crippen LogP contribution in [-0.2, 0) is 9.59 Å². The highest BCUT2D eigenvalue weighted by molar-refractivity contribution is 6.33. The molecule has 0 spiro atoms. The van der Waals surface area contributed by atoms with E-state index in [0.29, 0.717) is 22.5 Å². The number of hydrogen-bond acceptors (Lipinski definition) is 2. The standard InChI is InChI=1S/C17H16ClNO3/c18-12-3-1-2-4-13(12)19-16(20)14-8-5-6-9(11-7-10(8)11)15(14)17(21)22/h1-6,8-11,14-15H,7H2,(H,19,20)(H,21,22)/t8-,9-,10-,11-,14+,15+/m1/s1. The minimum absolute atomic E-state index is 0.00510. The number of halogens is 1. The summed E-state index contributed by atoms with van der Waals surface area (Å²) in [5, 5.41) is 12.9. The van der Waals surface area contributed by atoms with E-state index >= 15 is 0 Å². The van der Waals surface area contributed by atoms with Gasteiger partial charge in [0.15, 0.2) is 0 Å². The van der Waals surface area contributed by atoms with Crippen molar-refractivity contribution in [1.29, 1.82) is 0 Å². The van der Waals surface area contributed by atoms with Crippen molar-refractivity contribution in [2.75, 3.05) is 5.32 Å². The number of aliphatic carboxylic acids is 1. The Balaban J connectivity index is 1.63. The lowest BCUT2D eigenvalue weighted by Gasteiger charge is -2.41. The summed E-state index contributed by atoms with van der Waals surface area (Å²) >= 11 is 6.08. The molecule has 114 valence electrons. The van der Waals surface area contributed by atoms with Gasteiger partial charge in [-0.05, 0) is 42.2 Å². The van der Waals surface area contributed by atoms with Crippen molar-refractivity contribution in [3.63, 3.8) is 0 Å². The summed E-state index contributed by atoms with van der Waals surface area (Å²) in [5.74, 6) is -1.26. The molecule has 2 fully saturated rings. The number of carbonyl (C=O) groups excluding carboxylic acids is 1. The number of benzene rings is 1. The Morgan fingerprint density at radius 2 is 1.73 bits per heavy atom. The highest BCUT2D eigenvalue weighted by atomic mass is 35.5. The SMILES string of the molecule is O=C(O)[C@H]1[C@@H]2C=C[C@H]([C@H]3C[C@H]23)[C@@H]1C(=O)Nc1ccccc1Cl. The van der Waals surface area contributed by atoms with E-state index in [1.54, 1.807) is 24.3 Å². The molecule has 0 heterocycles. The fourth-order valence-electron chi connectivity index (χ4n) is 4.35. The Kier molecular flexibility index (Phi) is 3.05. The molecule has 0 saturated heterocycles. The average Bonchev–Trinajstić information content (AvgIpc) is 3.30. The predicted octanol–water partition coefficient (Wildman–Crippen LogP) is 3.05. The fourth-order valence-corrected chi connectivity index (χ4v) is 4.53. The fraction of sp³-hybridized carbons (Fsp3) is 0.412. The van der Waals surface area contributed by atoms with Crippen molar-refractivity contribution in [2.45, 2.75) is 6.42 Å². The first kappa shape index (κ1) is 13.8. The van der Waals surface area contributed by atoms with Crippen LogP contribution in [0.4, 0.5) is 5.69 Å². The minimum Gasteiger partial charge on any atom is -0.481 e. The number of carbonyl (C=O) groups is 2. The van der Waals surface area contributed by atoms with E-state index in [9.17, 15) is 14.7 Å². The smallest absolute Gasteiger partial charge is 0.307 e. The molecule has 1 aromatic rings.